The molecule has 0 atom stereocenters. The number of ether oxygens (including phenoxy) is 2. The van der Waals surface area contributed by atoms with E-state index < -0.39 is 5.97 Å². The summed E-state index contributed by atoms with van der Waals surface area (Å²) in [5.41, 5.74) is 7.67. The minimum atomic E-state index is -0.544. The Morgan fingerprint density at radius 3 is 2.81 bits per heavy atom. The van der Waals surface area contributed by atoms with Crippen LogP contribution in [0.1, 0.15) is 21.7 Å². The van der Waals surface area contributed by atoms with E-state index >= 15 is 0 Å². The molecule has 0 fully saturated rings. The number of carbonyl (C=O) groups excluding carboxylic acids is 1. The maximum absolute atomic E-state index is 12.0. The molecule has 1 aromatic carbocycles. The van der Waals surface area contributed by atoms with E-state index in [1.165, 1.54) is 6.07 Å². The molecule has 0 aliphatic carbocycles. The fourth-order valence-electron chi connectivity index (χ4n) is 1.82. The van der Waals surface area contributed by atoms with Crippen molar-refractivity contribution in [2.45, 2.75) is 13.5 Å². The van der Waals surface area contributed by atoms with Crippen LogP contribution in [0.3, 0.4) is 0 Å². The van der Waals surface area contributed by atoms with E-state index in [0.717, 1.165) is 5.69 Å². The number of esters is 1. The van der Waals surface area contributed by atoms with E-state index in [4.69, 9.17) is 26.8 Å². The molecule has 0 spiro atoms. The maximum atomic E-state index is 12.0. The van der Waals surface area contributed by atoms with Gasteiger partial charge in [-0.1, -0.05) is 11.6 Å². The van der Waals surface area contributed by atoms with Crippen molar-refractivity contribution < 1.29 is 14.3 Å². The standard InChI is InChI=1S/C15H15ClN2O3/c1-9-5-12(20-2)7-11(18-9)8-21-15(19)13-6-10(16)3-4-14(13)17/h3-7H,8,17H2,1-2H3. The van der Waals surface area contributed by atoms with E-state index in [-0.39, 0.29) is 12.2 Å². The van der Waals surface area contributed by atoms with Crippen LogP contribution in [0.4, 0.5) is 5.69 Å². The second-order valence-corrected chi connectivity index (χ2v) is 4.88. The normalized spacial score (nSPS) is 10.2. The third-order valence-electron chi connectivity index (χ3n) is 2.80. The topological polar surface area (TPSA) is 74.4 Å². The van der Waals surface area contributed by atoms with Crippen molar-refractivity contribution in [2.75, 3.05) is 12.8 Å². The lowest BCUT2D eigenvalue weighted by atomic mass is 10.2. The van der Waals surface area contributed by atoms with Gasteiger partial charge in [-0.2, -0.15) is 0 Å². The molecule has 0 aliphatic heterocycles. The van der Waals surface area contributed by atoms with Crippen LogP contribution in [0, 0.1) is 6.92 Å². The number of aromatic nitrogens is 1. The Bertz CT molecular complexity index is 674. The Labute approximate surface area is 127 Å². The number of hydrogen-bond acceptors (Lipinski definition) is 5. The van der Waals surface area contributed by atoms with Gasteiger partial charge in [0.2, 0.25) is 0 Å². The van der Waals surface area contributed by atoms with Crippen LogP contribution in [0.25, 0.3) is 0 Å². The minimum absolute atomic E-state index is 0.0306. The molecule has 21 heavy (non-hydrogen) atoms. The molecule has 6 heteroatoms. The molecular weight excluding hydrogens is 292 g/mol. The van der Waals surface area contributed by atoms with Crippen molar-refractivity contribution in [1.29, 1.82) is 0 Å². The van der Waals surface area contributed by atoms with Gasteiger partial charge in [-0.25, -0.2) is 4.79 Å². The molecule has 0 radical (unpaired) electrons. The SMILES string of the molecule is COc1cc(C)nc(COC(=O)c2cc(Cl)ccc2N)c1. The highest BCUT2D eigenvalue weighted by Crippen LogP contribution is 2.20. The second-order valence-electron chi connectivity index (χ2n) is 4.45. The van der Waals surface area contributed by atoms with Gasteiger partial charge in [0, 0.05) is 28.5 Å². The fourth-order valence-corrected chi connectivity index (χ4v) is 1.99. The highest BCUT2D eigenvalue weighted by Gasteiger charge is 2.13. The summed E-state index contributed by atoms with van der Waals surface area (Å²) in [5, 5.41) is 0.423. The molecule has 2 aromatic rings. The lowest BCUT2D eigenvalue weighted by molar-refractivity contribution is 0.0468. The van der Waals surface area contributed by atoms with E-state index in [1.807, 2.05) is 6.92 Å². The third kappa shape index (κ3) is 3.86. The molecule has 1 heterocycles. The van der Waals surface area contributed by atoms with Gasteiger partial charge in [0.1, 0.15) is 12.4 Å². The van der Waals surface area contributed by atoms with E-state index in [0.29, 0.717) is 22.2 Å². The summed E-state index contributed by atoms with van der Waals surface area (Å²) in [4.78, 5) is 16.3. The lowest BCUT2D eigenvalue weighted by Crippen LogP contribution is -2.09. The first-order valence-electron chi connectivity index (χ1n) is 6.23. The van der Waals surface area contributed by atoms with Crippen molar-refractivity contribution in [1.82, 2.24) is 4.98 Å². The predicted molar refractivity (Wildman–Crippen MR) is 80.5 cm³/mol. The van der Waals surface area contributed by atoms with Gasteiger partial charge in [-0.3, -0.25) is 4.98 Å². The van der Waals surface area contributed by atoms with Gasteiger partial charge in [0.15, 0.2) is 0 Å². The van der Waals surface area contributed by atoms with Crippen molar-refractivity contribution in [3.8, 4) is 5.75 Å². The Balaban J connectivity index is 2.11. The van der Waals surface area contributed by atoms with Crippen LogP contribution < -0.4 is 10.5 Å². The Morgan fingerprint density at radius 1 is 1.33 bits per heavy atom. The quantitative estimate of drug-likeness (QED) is 0.694. The van der Waals surface area contributed by atoms with Gasteiger partial charge in [0.05, 0.1) is 18.4 Å². The Kier molecular flexibility index (Phi) is 4.65. The summed E-state index contributed by atoms with van der Waals surface area (Å²) in [5.74, 6) is 0.119. The van der Waals surface area contributed by atoms with Crippen LogP contribution in [-0.4, -0.2) is 18.1 Å². The first kappa shape index (κ1) is 15.1. The average molecular weight is 307 g/mol. The summed E-state index contributed by atoms with van der Waals surface area (Å²) in [7, 11) is 1.57. The minimum Gasteiger partial charge on any atom is -0.497 e. The summed E-state index contributed by atoms with van der Waals surface area (Å²) in [6.45, 7) is 1.87. The molecule has 110 valence electrons. The first-order chi connectivity index (χ1) is 9.99. The molecule has 0 unspecified atom stereocenters. The van der Waals surface area contributed by atoms with E-state index in [9.17, 15) is 4.79 Å². The fraction of sp³-hybridized carbons (Fsp3) is 0.200. The smallest absolute Gasteiger partial charge is 0.340 e. The molecular formula is C15H15ClN2O3. The molecule has 0 saturated carbocycles. The van der Waals surface area contributed by atoms with Gasteiger partial charge >= 0.3 is 5.97 Å². The second kappa shape index (κ2) is 6.45. The molecule has 2 N–H and O–H groups in total. The van der Waals surface area contributed by atoms with Crippen LogP contribution in [-0.2, 0) is 11.3 Å². The number of aryl methyl sites for hydroxylation is 1. The molecule has 0 saturated heterocycles. The Hall–Kier alpha value is -2.27. The summed E-state index contributed by atoms with van der Waals surface area (Å²) in [6, 6.07) is 8.15. The van der Waals surface area contributed by atoms with Gasteiger partial charge in [-0.05, 0) is 25.1 Å². The largest absolute Gasteiger partial charge is 0.497 e. The maximum Gasteiger partial charge on any atom is 0.340 e. The van der Waals surface area contributed by atoms with E-state index in [2.05, 4.69) is 4.98 Å². The highest BCUT2D eigenvalue weighted by molar-refractivity contribution is 6.31. The Morgan fingerprint density at radius 2 is 2.10 bits per heavy atom. The number of methoxy groups -OCH3 is 1. The zero-order valence-electron chi connectivity index (χ0n) is 11.7. The molecule has 0 aliphatic rings. The number of anilines is 1. The van der Waals surface area contributed by atoms with Gasteiger partial charge in [0.25, 0.3) is 0 Å². The number of pyridine rings is 1. The number of benzene rings is 1. The van der Waals surface area contributed by atoms with Crippen molar-refractivity contribution in [2.24, 2.45) is 0 Å². The highest BCUT2D eigenvalue weighted by atomic mass is 35.5. The number of halogens is 1. The van der Waals surface area contributed by atoms with Crippen molar-refractivity contribution >= 4 is 23.3 Å². The third-order valence-corrected chi connectivity index (χ3v) is 3.04. The summed E-state index contributed by atoms with van der Waals surface area (Å²) >= 11 is 5.85. The van der Waals surface area contributed by atoms with E-state index in [1.54, 1.807) is 31.4 Å². The van der Waals surface area contributed by atoms with Crippen LogP contribution >= 0.6 is 11.6 Å². The number of carbonyl (C=O) groups is 1. The zero-order valence-corrected chi connectivity index (χ0v) is 12.5. The number of nitrogens with zero attached hydrogens (tertiary/aromatic N) is 1. The number of hydrogen-bond donors (Lipinski definition) is 1. The molecule has 1 aromatic heterocycles. The monoisotopic (exact) mass is 306 g/mol. The number of nitrogen functional groups attached to an aromatic ring is 1. The first-order valence-corrected chi connectivity index (χ1v) is 6.61. The predicted octanol–water partition coefficient (Wildman–Crippen LogP) is 2.99. The summed E-state index contributed by atoms with van der Waals surface area (Å²) in [6.07, 6.45) is 0. The van der Waals surface area contributed by atoms with Crippen LogP contribution in [0.15, 0.2) is 30.3 Å². The molecule has 0 bridgehead atoms. The van der Waals surface area contributed by atoms with Crippen LogP contribution in [0.2, 0.25) is 5.02 Å². The zero-order chi connectivity index (χ0) is 15.4. The molecule has 0 amide bonds. The van der Waals surface area contributed by atoms with Crippen molar-refractivity contribution in [3.63, 3.8) is 0 Å². The van der Waals surface area contributed by atoms with Crippen molar-refractivity contribution in [3.05, 3.63) is 52.3 Å². The number of nitrogens with two attached hydrogens (primary N) is 1. The molecule has 5 nitrogen and oxygen atoms in total. The number of rotatable bonds is 4. The van der Waals surface area contributed by atoms with Gasteiger partial charge in [-0.15, -0.1) is 0 Å². The van der Waals surface area contributed by atoms with Gasteiger partial charge < -0.3 is 15.2 Å². The molecule has 2 rings (SSSR count). The van der Waals surface area contributed by atoms with Crippen LogP contribution in [0.5, 0.6) is 5.75 Å². The average Bonchev–Trinajstić information content (AvgIpc) is 2.46. The lowest BCUT2D eigenvalue weighted by Gasteiger charge is -2.09. The summed E-state index contributed by atoms with van der Waals surface area (Å²) < 4.78 is 10.4.